The highest BCUT2D eigenvalue weighted by molar-refractivity contribution is 5.92. The molecule has 0 radical (unpaired) electrons. The zero-order chi connectivity index (χ0) is 14.5. The van der Waals surface area contributed by atoms with E-state index in [0.29, 0.717) is 11.3 Å². The Morgan fingerprint density at radius 2 is 1.95 bits per heavy atom. The van der Waals surface area contributed by atoms with Crippen LogP contribution in [0.5, 0.6) is 0 Å². The van der Waals surface area contributed by atoms with Crippen LogP contribution in [0.3, 0.4) is 0 Å². The average molecular weight is 277 g/mol. The predicted octanol–water partition coefficient (Wildman–Crippen LogP) is 2.64. The van der Waals surface area contributed by atoms with Gasteiger partial charge in [-0.3, -0.25) is 4.79 Å². The van der Waals surface area contributed by atoms with Gasteiger partial charge < -0.3 is 10.4 Å². The molecule has 2 N–H and O–H groups in total. The lowest BCUT2D eigenvalue weighted by atomic mass is 10.1. The van der Waals surface area contributed by atoms with Crippen molar-refractivity contribution in [2.45, 2.75) is 13.0 Å². The Hall–Kier alpha value is -2.27. The molecule has 0 aliphatic carbocycles. The predicted molar refractivity (Wildman–Crippen MR) is 71.1 cm³/mol. The maximum Gasteiger partial charge on any atom is 0.228 e. The van der Waals surface area contributed by atoms with Gasteiger partial charge in [-0.25, -0.2) is 8.78 Å². The van der Waals surface area contributed by atoms with E-state index in [9.17, 15) is 13.6 Å². The van der Waals surface area contributed by atoms with Gasteiger partial charge in [-0.1, -0.05) is 18.2 Å². The standard InChI is InChI=1S/C15H13F2NO2/c16-12-5-4-11(14(17)8-12)7-15(20)18-13-3-1-2-10(6-13)9-19/h1-6,8,19H,7,9H2,(H,18,20). The van der Waals surface area contributed by atoms with Crippen LogP contribution in [0.1, 0.15) is 11.1 Å². The molecule has 5 heteroatoms. The van der Waals surface area contributed by atoms with Crippen molar-refractivity contribution in [3.63, 3.8) is 0 Å². The largest absolute Gasteiger partial charge is 0.392 e. The number of amides is 1. The summed E-state index contributed by atoms with van der Waals surface area (Å²) in [5.74, 6) is -1.84. The van der Waals surface area contributed by atoms with Crippen molar-refractivity contribution in [1.29, 1.82) is 0 Å². The van der Waals surface area contributed by atoms with Gasteiger partial charge >= 0.3 is 0 Å². The number of hydrogen-bond acceptors (Lipinski definition) is 2. The molecule has 2 aromatic rings. The monoisotopic (exact) mass is 277 g/mol. The van der Waals surface area contributed by atoms with Crippen molar-refractivity contribution in [3.8, 4) is 0 Å². The number of aliphatic hydroxyl groups is 1. The summed E-state index contributed by atoms with van der Waals surface area (Å²) in [5, 5.41) is 11.6. The summed E-state index contributed by atoms with van der Waals surface area (Å²) < 4.78 is 26.2. The van der Waals surface area contributed by atoms with Crippen LogP contribution in [0, 0.1) is 11.6 Å². The van der Waals surface area contributed by atoms with E-state index in [-0.39, 0.29) is 18.6 Å². The number of aliphatic hydroxyl groups excluding tert-OH is 1. The maximum absolute atomic E-state index is 13.4. The molecule has 0 aliphatic rings. The molecule has 2 aromatic carbocycles. The first-order valence-corrected chi connectivity index (χ1v) is 6.02. The second-order valence-electron chi connectivity index (χ2n) is 4.32. The number of carbonyl (C=O) groups is 1. The first-order valence-electron chi connectivity index (χ1n) is 6.02. The molecule has 0 saturated heterocycles. The van der Waals surface area contributed by atoms with E-state index in [1.54, 1.807) is 24.3 Å². The van der Waals surface area contributed by atoms with Gasteiger partial charge in [-0.15, -0.1) is 0 Å². The summed E-state index contributed by atoms with van der Waals surface area (Å²) in [6.45, 7) is -0.129. The molecule has 0 heterocycles. The quantitative estimate of drug-likeness (QED) is 0.902. The van der Waals surface area contributed by atoms with Crippen molar-refractivity contribution in [2.24, 2.45) is 0 Å². The SMILES string of the molecule is O=C(Cc1ccc(F)cc1F)Nc1cccc(CO)c1. The van der Waals surface area contributed by atoms with Crippen molar-refractivity contribution in [2.75, 3.05) is 5.32 Å². The fourth-order valence-corrected chi connectivity index (χ4v) is 1.79. The van der Waals surface area contributed by atoms with E-state index in [1.165, 1.54) is 6.07 Å². The molecule has 0 fully saturated rings. The van der Waals surface area contributed by atoms with E-state index in [1.807, 2.05) is 0 Å². The summed E-state index contributed by atoms with van der Waals surface area (Å²) in [5.41, 5.74) is 1.31. The van der Waals surface area contributed by atoms with E-state index in [2.05, 4.69) is 5.32 Å². The van der Waals surface area contributed by atoms with Crippen LogP contribution >= 0.6 is 0 Å². The van der Waals surface area contributed by atoms with Crippen molar-refractivity contribution < 1.29 is 18.7 Å². The van der Waals surface area contributed by atoms with Gasteiger partial charge in [0.1, 0.15) is 11.6 Å². The number of rotatable bonds is 4. The van der Waals surface area contributed by atoms with E-state index in [0.717, 1.165) is 12.1 Å². The van der Waals surface area contributed by atoms with Crippen LogP contribution in [0.2, 0.25) is 0 Å². The zero-order valence-corrected chi connectivity index (χ0v) is 10.6. The summed E-state index contributed by atoms with van der Waals surface area (Å²) in [4.78, 5) is 11.8. The van der Waals surface area contributed by atoms with E-state index >= 15 is 0 Å². The zero-order valence-electron chi connectivity index (χ0n) is 10.6. The Bertz CT molecular complexity index is 629. The van der Waals surface area contributed by atoms with Gasteiger partial charge in [-0.05, 0) is 29.3 Å². The molecule has 0 bridgehead atoms. The fourth-order valence-electron chi connectivity index (χ4n) is 1.79. The highest BCUT2D eigenvalue weighted by atomic mass is 19.1. The Balaban J connectivity index is 2.05. The average Bonchev–Trinajstić information content (AvgIpc) is 2.42. The molecule has 0 unspecified atom stereocenters. The number of carbonyl (C=O) groups excluding carboxylic acids is 1. The van der Waals surface area contributed by atoms with Gasteiger partial charge in [0.2, 0.25) is 5.91 Å². The van der Waals surface area contributed by atoms with Crippen LogP contribution < -0.4 is 5.32 Å². The van der Waals surface area contributed by atoms with Crippen molar-refractivity contribution in [1.82, 2.24) is 0 Å². The van der Waals surface area contributed by atoms with Crippen molar-refractivity contribution in [3.05, 3.63) is 65.2 Å². The third-order valence-corrected chi connectivity index (χ3v) is 2.76. The molecule has 0 aliphatic heterocycles. The molecule has 20 heavy (non-hydrogen) atoms. The van der Waals surface area contributed by atoms with Gasteiger partial charge in [0.15, 0.2) is 0 Å². The van der Waals surface area contributed by atoms with Crippen LogP contribution in [-0.4, -0.2) is 11.0 Å². The number of nitrogens with one attached hydrogen (secondary N) is 1. The lowest BCUT2D eigenvalue weighted by Crippen LogP contribution is -2.15. The highest BCUT2D eigenvalue weighted by Gasteiger charge is 2.09. The second kappa shape index (κ2) is 6.25. The lowest BCUT2D eigenvalue weighted by Gasteiger charge is -2.07. The molecule has 104 valence electrons. The second-order valence-corrected chi connectivity index (χ2v) is 4.32. The molecule has 0 atom stereocenters. The molecule has 1 amide bonds. The summed E-state index contributed by atoms with van der Waals surface area (Å²) in [6.07, 6.45) is -0.185. The minimum Gasteiger partial charge on any atom is -0.392 e. The number of halogens is 2. The summed E-state index contributed by atoms with van der Waals surface area (Å²) in [6, 6.07) is 9.80. The fraction of sp³-hybridized carbons (Fsp3) is 0.133. The van der Waals surface area contributed by atoms with Gasteiger partial charge in [0.25, 0.3) is 0 Å². The molecule has 0 saturated carbocycles. The Morgan fingerprint density at radius 1 is 1.15 bits per heavy atom. The number of anilines is 1. The number of benzene rings is 2. The maximum atomic E-state index is 13.4. The third kappa shape index (κ3) is 3.61. The Morgan fingerprint density at radius 3 is 2.65 bits per heavy atom. The summed E-state index contributed by atoms with van der Waals surface area (Å²) in [7, 11) is 0. The molecule has 2 rings (SSSR count). The van der Waals surface area contributed by atoms with Crippen LogP contribution in [0.4, 0.5) is 14.5 Å². The van der Waals surface area contributed by atoms with Crippen molar-refractivity contribution >= 4 is 11.6 Å². The first-order chi connectivity index (χ1) is 9.58. The topological polar surface area (TPSA) is 49.3 Å². The van der Waals surface area contributed by atoms with Gasteiger partial charge in [0, 0.05) is 11.8 Å². The Labute approximate surface area is 114 Å². The molecule has 0 spiro atoms. The molecular weight excluding hydrogens is 264 g/mol. The van der Waals surface area contributed by atoms with Crippen LogP contribution in [0.15, 0.2) is 42.5 Å². The smallest absolute Gasteiger partial charge is 0.228 e. The number of hydrogen-bond donors (Lipinski definition) is 2. The summed E-state index contributed by atoms with van der Waals surface area (Å²) >= 11 is 0. The Kier molecular flexibility index (Phi) is 4.42. The van der Waals surface area contributed by atoms with E-state index in [4.69, 9.17) is 5.11 Å². The van der Waals surface area contributed by atoms with Gasteiger partial charge in [0.05, 0.1) is 13.0 Å². The first kappa shape index (κ1) is 14.1. The minimum absolute atomic E-state index is 0.127. The van der Waals surface area contributed by atoms with Crippen LogP contribution in [-0.2, 0) is 17.8 Å². The van der Waals surface area contributed by atoms with Gasteiger partial charge in [-0.2, -0.15) is 0 Å². The third-order valence-electron chi connectivity index (χ3n) is 2.76. The minimum atomic E-state index is -0.746. The normalized spacial score (nSPS) is 10.3. The molecule has 3 nitrogen and oxygen atoms in total. The van der Waals surface area contributed by atoms with Crippen LogP contribution in [0.25, 0.3) is 0 Å². The lowest BCUT2D eigenvalue weighted by molar-refractivity contribution is -0.115. The molecular formula is C15H13F2NO2. The van der Waals surface area contributed by atoms with E-state index < -0.39 is 17.5 Å². The highest BCUT2D eigenvalue weighted by Crippen LogP contribution is 2.13. The molecule has 0 aromatic heterocycles.